The molecule has 0 aromatic carbocycles. The summed E-state index contributed by atoms with van der Waals surface area (Å²) in [5.74, 6) is 1.08. The van der Waals surface area contributed by atoms with Gasteiger partial charge >= 0.3 is 17.2 Å². The quantitative estimate of drug-likeness (QED) is 0.283. The van der Waals surface area contributed by atoms with E-state index in [9.17, 15) is 48.0 Å². The van der Waals surface area contributed by atoms with Crippen LogP contribution >= 0.6 is 0 Å². The molecule has 1 fully saturated rings. The molecule has 1 saturated carbocycles. The first-order valence-electron chi connectivity index (χ1n) is 9.09. The van der Waals surface area contributed by atoms with Crippen molar-refractivity contribution in [3.63, 3.8) is 0 Å². The molecule has 0 radical (unpaired) electrons. The Morgan fingerprint density at radius 2 is 1.55 bits per heavy atom. The minimum atomic E-state index is -6.79. The van der Waals surface area contributed by atoms with E-state index < -0.39 is 54.0 Å². The van der Waals surface area contributed by atoms with Crippen molar-refractivity contribution in [2.75, 3.05) is 6.61 Å². The number of rotatable bonds is 8. The van der Waals surface area contributed by atoms with Gasteiger partial charge in [0.25, 0.3) is 19.7 Å². The van der Waals surface area contributed by atoms with Crippen LogP contribution in [0.2, 0.25) is 0 Å². The highest BCUT2D eigenvalue weighted by atomic mass is 32.3. The molecule has 7 nitrogen and oxygen atoms in total. The third-order valence-corrected chi connectivity index (χ3v) is 9.86. The summed E-state index contributed by atoms with van der Waals surface area (Å²) >= 11 is 0. The van der Waals surface area contributed by atoms with Crippen molar-refractivity contribution in [1.82, 2.24) is 0 Å². The number of allylic oxidation sites excluding steroid dienone is 2. The van der Waals surface area contributed by atoms with E-state index in [2.05, 4.69) is 16.9 Å². The Bertz CT molecular complexity index is 864. The van der Waals surface area contributed by atoms with Gasteiger partial charge in [0.2, 0.25) is 0 Å². The van der Waals surface area contributed by atoms with Crippen molar-refractivity contribution >= 4 is 25.8 Å². The maximum atomic E-state index is 12.7. The van der Waals surface area contributed by atoms with E-state index in [0.717, 1.165) is 19.8 Å². The Balaban J connectivity index is 1.98. The first-order chi connectivity index (χ1) is 14.0. The lowest BCUT2D eigenvalue weighted by Gasteiger charge is -2.23. The second-order valence-electron chi connectivity index (χ2n) is 7.50. The fourth-order valence-corrected chi connectivity index (χ4v) is 7.39. The molecule has 0 spiro atoms. The van der Waals surface area contributed by atoms with Crippen LogP contribution in [-0.4, -0.2) is 51.3 Å². The number of carbonyl (C=O) groups is 1. The summed E-state index contributed by atoms with van der Waals surface area (Å²) in [5.41, 5.74) is -12.5. The summed E-state index contributed by atoms with van der Waals surface area (Å²) in [6.07, 6.45) is 1.34. The fourth-order valence-electron chi connectivity index (χ4n) is 3.76. The molecule has 0 saturated heterocycles. The van der Waals surface area contributed by atoms with E-state index in [1.165, 1.54) is 0 Å². The van der Waals surface area contributed by atoms with Gasteiger partial charge in [-0.15, -0.1) is 0 Å². The van der Waals surface area contributed by atoms with Crippen molar-refractivity contribution < 1.29 is 57.4 Å². The largest absolute Gasteiger partial charge is 0.508 e. The number of hydrogen-bond donors (Lipinski definition) is 0. The molecule has 2 rings (SSSR count). The summed E-state index contributed by atoms with van der Waals surface area (Å²) in [7, 11) is -13.6. The fraction of sp³-hybridized carbons (Fsp3) is 0.812. The molecule has 0 aliphatic heterocycles. The topological polar surface area (TPSA) is 104 Å². The zero-order valence-electron chi connectivity index (χ0n) is 16.0. The lowest BCUT2D eigenvalue weighted by Crippen LogP contribution is -2.46. The molecule has 0 aromatic rings. The highest BCUT2D eigenvalue weighted by Crippen LogP contribution is 2.45. The maximum absolute atomic E-state index is 12.7. The third-order valence-electron chi connectivity index (χ3n) is 5.28. The number of halogens is 6. The number of carbonyl (C=O) groups excluding carboxylic acids is 1. The molecular formula is C16H20F6O7S2. The minimum absolute atomic E-state index is 0.127. The summed E-state index contributed by atoms with van der Waals surface area (Å²) in [4.78, 5) is 11.7. The van der Waals surface area contributed by atoms with E-state index in [1.807, 2.05) is 0 Å². The molecular weight excluding hydrogens is 482 g/mol. The smallest absolute Gasteiger partial charge is 0.434 e. The second-order valence-corrected chi connectivity index (χ2v) is 12.0. The first kappa shape index (κ1) is 25.7. The second kappa shape index (κ2) is 8.79. The summed E-state index contributed by atoms with van der Waals surface area (Å²) in [5, 5.41) is 0. The molecule has 180 valence electrons. The van der Waals surface area contributed by atoms with Crippen LogP contribution in [0.5, 0.6) is 0 Å². The van der Waals surface area contributed by atoms with Crippen molar-refractivity contribution in [3.8, 4) is 0 Å². The van der Waals surface area contributed by atoms with Crippen LogP contribution < -0.4 is 0 Å². The maximum Gasteiger partial charge on any atom is 0.508 e. The van der Waals surface area contributed by atoms with Gasteiger partial charge < -0.3 is 9.47 Å². The van der Waals surface area contributed by atoms with Gasteiger partial charge in [0, 0.05) is 6.42 Å². The van der Waals surface area contributed by atoms with E-state index in [0.29, 0.717) is 18.3 Å². The van der Waals surface area contributed by atoms with Gasteiger partial charge in [-0.2, -0.15) is 26.3 Å². The summed E-state index contributed by atoms with van der Waals surface area (Å²) in [6, 6.07) is 0. The Labute approximate surface area is 174 Å². The van der Waals surface area contributed by atoms with Gasteiger partial charge in [-0.3, -0.25) is 0 Å². The van der Waals surface area contributed by atoms with E-state index >= 15 is 0 Å². The first-order valence-corrected chi connectivity index (χ1v) is 12.2. The Kier molecular flexibility index (Phi) is 7.30. The summed E-state index contributed by atoms with van der Waals surface area (Å²) in [6.45, 7) is 0.630. The number of sulfone groups is 2. The molecule has 0 aromatic heterocycles. The van der Waals surface area contributed by atoms with E-state index in [-0.39, 0.29) is 12.5 Å². The van der Waals surface area contributed by atoms with Crippen LogP contribution in [0.15, 0.2) is 12.2 Å². The zero-order valence-corrected chi connectivity index (χ0v) is 17.7. The monoisotopic (exact) mass is 502 g/mol. The SMILES string of the molecule is CC(CC(S(=O)(=O)C(F)(F)F)S(=O)(=O)C(F)(F)F)OC(=O)OCCC1CC2C=CC1C2. The molecule has 0 amide bonds. The number of alkyl halides is 6. The predicted octanol–water partition coefficient (Wildman–Crippen LogP) is 3.72. The van der Waals surface area contributed by atoms with Gasteiger partial charge in [-0.1, -0.05) is 12.2 Å². The molecule has 2 aliphatic carbocycles. The van der Waals surface area contributed by atoms with Crippen molar-refractivity contribution in [1.29, 1.82) is 0 Å². The van der Waals surface area contributed by atoms with Crippen LogP contribution in [0.25, 0.3) is 0 Å². The Hall–Kier alpha value is -1.51. The van der Waals surface area contributed by atoms with Crippen molar-refractivity contribution in [2.45, 2.75) is 54.3 Å². The molecule has 0 heterocycles. The van der Waals surface area contributed by atoms with Gasteiger partial charge in [0.05, 0.1) is 6.61 Å². The molecule has 0 N–H and O–H groups in total. The van der Waals surface area contributed by atoms with Crippen LogP contribution in [0.1, 0.15) is 32.6 Å². The van der Waals surface area contributed by atoms with E-state index in [4.69, 9.17) is 4.74 Å². The molecule has 15 heteroatoms. The van der Waals surface area contributed by atoms with Crippen LogP contribution in [0, 0.1) is 17.8 Å². The lowest BCUT2D eigenvalue weighted by atomic mass is 9.91. The van der Waals surface area contributed by atoms with Gasteiger partial charge in [-0.25, -0.2) is 21.6 Å². The van der Waals surface area contributed by atoms with Gasteiger partial charge in [-0.05, 0) is 43.9 Å². The molecule has 2 bridgehead atoms. The molecule has 31 heavy (non-hydrogen) atoms. The standard InChI is InChI=1S/C16H20F6O7S2/c1-9(29-14(23)28-5-4-12-8-10-2-3-11(12)7-10)6-13(30(24,25)15(17,18)19)31(26,27)16(20,21)22/h2-3,9-13H,4-8H2,1H3. The highest BCUT2D eigenvalue weighted by Gasteiger charge is 2.63. The Morgan fingerprint density at radius 3 is 1.97 bits per heavy atom. The van der Waals surface area contributed by atoms with Crippen LogP contribution in [-0.2, 0) is 29.1 Å². The number of hydrogen-bond acceptors (Lipinski definition) is 7. The third kappa shape index (κ3) is 5.65. The van der Waals surface area contributed by atoms with Crippen LogP contribution in [0.4, 0.5) is 31.1 Å². The molecule has 4 unspecified atom stereocenters. The zero-order chi connectivity index (χ0) is 23.8. The number of ether oxygens (including phenoxy) is 2. The van der Waals surface area contributed by atoms with Crippen molar-refractivity contribution in [2.24, 2.45) is 17.8 Å². The minimum Gasteiger partial charge on any atom is -0.434 e. The predicted molar refractivity (Wildman–Crippen MR) is 93.7 cm³/mol. The van der Waals surface area contributed by atoms with Gasteiger partial charge in [0.15, 0.2) is 4.58 Å². The average Bonchev–Trinajstić information content (AvgIpc) is 3.20. The highest BCUT2D eigenvalue weighted by molar-refractivity contribution is 8.09. The summed E-state index contributed by atoms with van der Waals surface area (Å²) < 4.78 is 128. The number of fused-ring (bicyclic) bond motifs is 2. The van der Waals surface area contributed by atoms with E-state index in [1.54, 1.807) is 0 Å². The van der Waals surface area contributed by atoms with Crippen molar-refractivity contribution in [3.05, 3.63) is 12.2 Å². The average molecular weight is 502 g/mol. The van der Waals surface area contributed by atoms with Gasteiger partial charge in [0.1, 0.15) is 6.10 Å². The normalized spacial score (nSPS) is 25.1. The van der Waals surface area contributed by atoms with Crippen LogP contribution in [0.3, 0.4) is 0 Å². The molecule has 2 aliphatic rings. The Morgan fingerprint density at radius 1 is 1.00 bits per heavy atom. The molecule has 4 atom stereocenters. The lowest BCUT2D eigenvalue weighted by molar-refractivity contribution is -0.0477.